The standard InChI is InChI=1S/C67H114NO8P/c1-3-5-7-9-11-13-15-17-19-21-23-25-27-29-31-32-34-36-38-40-42-44-46-48-50-52-54-56-58-60-67(70)76-65(64-75-77(71,72)74-62-61-68)63-73-66(69)59-57-55-53-51-49-47-45-43-41-39-37-35-33-30-28-26-24-22-20-18-16-14-12-10-8-6-4-2/h5-8,11-14,17-20,23-26,29,31,34,36,65H,3-4,9-10,15-16,21-22,27-28,30,32-33,35,37-64,68H2,1-2H3,(H,71,72)/b7-5-,8-6-,13-11-,14-12-,19-17-,20-18-,25-23-,26-24-,31-29-,36-34-. The largest absolute Gasteiger partial charge is 0.472 e. The minimum absolute atomic E-state index is 0.0475. The summed E-state index contributed by atoms with van der Waals surface area (Å²) >= 11 is 0. The number of allylic oxidation sites excluding steroid dienone is 20. The number of phosphoric acid groups is 1. The first kappa shape index (κ1) is 73.4. The van der Waals surface area contributed by atoms with E-state index in [0.29, 0.717) is 6.42 Å². The Kier molecular flexibility index (Phi) is 58.7. The molecule has 440 valence electrons. The highest BCUT2D eigenvalue weighted by Gasteiger charge is 2.26. The Balaban J connectivity index is 3.98. The van der Waals surface area contributed by atoms with E-state index in [2.05, 4.69) is 135 Å². The summed E-state index contributed by atoms with van der Waals surface area (Å²) in [5.41, 5.74) is 5.39. The summed E-state index contributed by atoms with van der Waals surface area (Å²) in [4.78, 5) is 35.3. The Morgan fingerprint density at radius 1 is 0.390 bits per heavy atom. The van der Waals surface area contributed by atoms with Gasteiger partial charge in [0.2, 0.25) is 0 Å². The second-order valence-corrected chi connectivity index (χ2v) is 21.6. The lowest BCUT2D eigenvalue weighted by atomic mass is 10.0. The number of unbranched alkanes of at least 4 members (excludes halogenated alkanes) is 24. The van der Waals surface area contributed by atoms with Gasteiger partial charge in [0.1, 0.15) is 6.61 Å². The quantitative estimate of drug-likeness (QED) is 0.0264. The Labute approximate surface area is 472 Å². The number of hydrogen-bond donors (Lipinski definition) is 2. The molecule has 9 nitrogen and oxygen atoms in total. The summed E-state index contributed by atoms with van der Waals surface area (Å²) in [5, 5.41) is 0. The van der Waals surface area contributed by atoms with Crippen molar-refractivity contribution in [1.29, 1.82) is 0 Å². The molecule has 2 unspecified atom stereocenters. The Bertz CT molecular complexity index is 1670. The number of hydrogen-bond acceptors (Lipinski definition) is 8. The molecule has 0 spiro atoms. The molecule has 10 heteroatoms. The zero-order chi connectivity index (χ0) is 55.9. The van der Waals surface area contributed by atoms with Crippen LogP contribution in [0.25, 0.3) is 0 Å². The summed E-state index contributed by atoms with van der Waals surface area (Å²) < 4.78 is 33.1. The van der Waals surface area contributed by atoms with Gasteiger partial charge in [0.25, 0.3) is 0 Å². The summed E-state index contributed by atoms with van der Waals surface area (Å²) in [6.07, 6.45) is 85.4. The lowest BCUT2D eigenvalue weighted by Crippen LogP contribution is -2.29. The van der Waals surface area contributed by atoms with Crippen molar-refractivity contribution in [3.8, 4) is 0 Å². The van der Waals surface area contributed by atoms with Gasteiger partial charge in [-0.3, -0.25) is 18.6 Å². The molecule has 0 aliphatic heterocycles. The Morgan fingerprint density at radius 3 is 1.00 bits per heavy atom. The van der Waals surface area contributed by atoms with E-state index in [1.54, 1.807) is 0 Å². The fourth-order valence-corrected chi connectivity index (χ4v) is 9.10. The average molecular weight is 1090 g/mol. The van der Waals surface area contributed by atoms with Crippen LogP contribution in [-0.4, -0.2) is 49.3 Å². The smallest absolute Gasteiger partial charge is 0.462 e. The molecule has 0 aliphatic rings. The molecule has 0 saturated carbocycles. The van der Waals surface area contributed by atoms with Crippen molar-refractivity contribution in [2.45, 2.75) is 264 Å². The van der Waals surface area contributed by atoms with Gasteiger partial charge in [-0.25, -0.2) is 4.57 Å². The molecule has 0 fully saturated rings. The molecule has 0 aliphatic carbocycles. The van der Waals surface area contributed by atoms with Crippen LogP contribution in [0.5, 0.6) is 0 Å². The second kappa shape index (κ2) is 61.6. The third-order valence-electron chi connectivity index (χ3n) is 12.8. The Morgan fingerprint density at radius 2 is 0.675 bits per heavy atom. The van der Waals surface area contributed by atoms with Gasteiger partial charge in [-0.15, -0.1) is 0 Å². The van der Waals surface area contributed by atoms with E-state index in [4.69, 9.17) is 24.3 Å². The highest BCUT2D eigenvalue weighted by Crippen LogP contribution is 2.43. The number of rotatable bonds is 57. The number of phosphoric ester groups is 1. The van der Waals surface area contributed by atoms with E-state index >= 15 is 0 Å². The Hall–Kier alpha value is -3.59. The van der Waals surface area contributed by atoms with Crippen LogP contribution in [0.3, 0.4) is 0 Å². The molecule has 0 rings (SSSR count). The van der Waals surface area contributed by atoms with Crippen molar-refractivity contribution < 1.29 is 37.6 Å². The van der Waals surface area contributed by atoms with E-state index in [0.717, 1.165) is 109 Å². The molecule has 0 amide bonds. The topological polar surface area (TPSA) is 134 Å². The van der Waals surface area contributed by atoms with Crippen LogP contribution in [0, 0.1) is 0 Å². The molecule has 0 radical (unpaired) electrons. The molecule has 0 heterocycles. The maximum absolute atomic E-state index is 12.7. The molecule has 0 bridgehead atoms. The molecule has 3 N–H and O–H groups in total. The number of nitrogens with two attached hydrogens (primary N) is 1. The predicted octanol–water partition coefficient (Wildman–Crippen LogP) is 20.0. The van der Waals surface area contributed by atoms with Crippen LogP contribution in [0.1, 0.15) is 258 Å². The van der Waals surface area contributed by atoms with E-state index in [1.807, 2.05) is 0 Å². The molecule has 77 heavy (non-hydrogen) atoms. The van der Waals surface area contributed by atoms with E-state index < -0.39 is 26.5 Å². The van der Waals surface area contributed by atoms with E-state index in [-0.39, 0.29) is 38.6 Å². The van der Waals surface area contributed by atoms with Crippen LogP contribution < -0.4 is 5.73 Å². The highest BCUT2D eigenvalue weighted by molar-refractivity contribution is 7.47. The van der Waals surface area contributed by atoms with Crippen molar-refractivity contribution in [2.75, 3.05) is 26.4 Å². The lowest BCUT2D eigenvalue weighted by Gasteiger charge is -2.19. The third-order valence-corrected chi connectivity index (χ3v) is 13.8. The van der Waals surface area contributed by atoms with Gasteiger partial charge in [0.15, 0.2) is 6.10 Å². The van der Waals surface area contributed by atoms with Gasteiger partial charge in [-0.05, 0) is 103 Å². The molecule has 0 aromatic rings. The van der Waals surface area contributed by atoms with Gasteiger partial charge in [-0.1, -0.05) is 264 Å². The van der Waals surface area contributed by atoms with Gasteiger partial charge in [0, 0.05) is 19.4 Å². The summed E-state index contributed by atoms with van der Waals surface area (Å²) in [6.45, 7) is 3.52. The van der Waals surface area contributed by atoms with Gasteiger partial charge in [0.05, 0.1) is 13.2 Å². The first-order chi connectivity index (χ1) is 37.8. The molecular formula is C67H114NO8P. The fraction of sp³-hybridized carbons (Fsp3) is 0.672. The van der Waals surface area contributed by atoms with Crippen LogP contribution in [-0.2, 0) is 32.7 Å². The second-order valence-electron chi connectivity index (χ2n) is 20.2. The molecule has 2 atom stereocenters. The van der Waals surface area contributed by atoms with Crippen molar-refractivity contribution in [3.05, 3.63) is 122 Å². The first-order valence-electron chi connectivity index (χ1n) is 31.0. The molecule has 0 aromatic heterocycles. The SMILES string of the molecule is CC/C=C\C/C=C\C/C=C\C/C=C\C/C=C\C/C=C\CCCCCCCCCCCCC(=O)OC(COC(=O)CCCCCCCCCCCCCCCC/C=C\C/C=C\C/C=C\C/C=C\CC)COP(=O)(O)OCCN. The zero-order valence-corrected chi connectivity index (χ0v) is 50.0. The van der Waals surface area contributed by atoms with Gasteiger partial charge in [-0.2, -0.15) is 0 Å². The van der Waals surface area contributed by atoms with Crippen LogP contribution in [0.4, 0.5) is 0 Å². The third kappa shape index (κ3) is 61.5. The van der Waals surface area contributed by atoms with Crippen LogP contribution in [0.2, 0.25) is 0 Å². The van der Waals surface area contributed by atoms with Crippen molar-refractivity contribution in [1.82, 2.24) is 0 Å². The summed E-state index contributed by atoms with van der Waals surface area (Å²) in [6, 6.07) is 0. The number of ether oxygens (including phenoxy) is 2. The molecule has 0 saturated heterocycles. The number of carbonyl (C=O) groups excluding carboxylic acids is 2. The van der Waals surface area contributed by atoms with Crippen molar-refractivity contribution in [2.24, 2.45) is 5.73 Å². The van der Waals surface area contributed by atoms with Crippen molar-refractivity contribution >= 4 is 19.8 Å². The normalized spacial score (nSPS) is 13.9. The zero-order valence-electron chi connectivity index (χ0n) is 49.2. The molecular weight excluding hydrogens is 978 g/mol. The van der Waals surface area contributed by atoms with E-state index in [9.17, 15) is 19.0 Å². The molecule has 0 aromatic carbocycles. The first-order valence-corrected chi connectivity index (χ1v) is 32.5. The predicted molar refractivity (Wildman–Crippen MR) is 330 cm³/mol. The highest BCUT2D eigenvalue weighted by atomic mass is 31.2. The van der Waals surface area contributed by atoms with Crippen LogP contribution in [0.15, 0.2) is 122 Å². The van der Waals surface area contributed by atoms with E-state index in [1.165, 1.54) is 116 Å². The number of carbonyl (C=O) groups is 2. The maximum Gasteiger partial charge on any atom is 0.472 e. The number of esters is 2. The maximum atomic E-state index is 12.7. The van der Waals surface area contributed by atoms with Gasteiger partial charge >= 0.3 is 19.8 Å². The lowest BCUT2D eigenvalue weighted by molar-refractivity contribution is -0.161. The van der Waals surface area contributed by atoms with Crippen LogP contribution >= 0.6 is 7.82 Å². The van der Waals surface area contributed by atoms with Gasteiger partial charge < -0.3 is 20.1 Å². The minimum Gasteiger partial charge on any atom is -0.462 e. The fourth-order valence-electron chi connectivity index (χ4n) is 8.34. The summed E-state index contributed by atoms with van der Waals surface area (Å²) in [5.74, 6) is -0.835. The summed E-state index contributed by atoms with van der Waals surface area (Å²) in [7, 11) is -4.40. The monoisotopic (exact) mass is 1090 g/mol. The van der Waals surface area contributed by atoms with Crippen molar-refractivity contribution in [3.63, 3.8) is 0 Å². The minimum atomic E-state index is -4.40. The average Bonchev–Trinajstić information content (AvgIpc) is 3.42.